The van der Waals surface area contributed by atoms with Gasteiger partial charge >= 0.3 is 0 Å². The van der Waals surface area contributed by atoms with Gasteiger partial charge in [-0.1, -0.05) is 29.8 Å². The van der Waals surface area contributed by atoms with Gasteiger partial charge in [0.25, 0.3) is 11.8 Å². The molecule has 2 rings (SSSR count). The molecule has 0 bridgehead atoms. The largest absolute Gasteiger partial charge is 0.321 e. The van der Waals surface area contributed by atoms with Crippen molar-refractivity contribution in [3.05, 3.63) is 64.7 Å². The molecule has 0 spiro atoms. The minimum Gasteiger partial charge on any atom is -0.321 e. The Morgan fingerprint density at radius 2 is 1.75 bits per heavy atom. The summed E-state index contributed by atoms with van der Waals surface area (Å²) in [5.74, 6) is 4.27. The van der Waals surface area contributed by atoms with Gasteiger partial charge in [-0.15, -0.1) is 0 Å². The fourth-order valence-corrected chi connectivity index (χ4v) is 1.88. The first-order chi connectivity index (χ1) is 9.61. The van der Waals surface area contributed by atoms with E-state index >= 15 is 0 Å². The standard InChI is InChI=1S/C14H12ClN3O2/c15-10-5-3-4-9(8-10)13(19)17-12-7-2-1-6-11(12)14(20)18-16/h1-8H,16H2,(H,17,19)(H,18,20). The Hall–Kier alpha value is -2.37. The molecule has 0 radical (unpaired) electrons. The number of hydrogen-bond donors (Lipinski definition) is 3. The number of hydrogen-bond acceptors (Lipinski definition) is 3. The van der Waals surface area contributed by atoms with Crippen LogP contribution < -0.4 is 16.6 Å². The number of carbonyl (C=O) groups excluding carboxylic acids is 2. The van der Waals surface area contributed by atoms with Crippen LogP contribution in [0.1, 0.15) is 20.7 Å². The maximum Gasteiger partial charge on any atom is 0.267 e. The summed E-state index contributed by atoms with van der Waals surface area (Å²) >= 11 is 5.84. The Bertz CT molecular complexity index is 658. The van der Waals surface area contributed by atoms with Crippen LogP contribution in [0, 0.1) is 0 Å². The molecule has 5 nitrogen and oxygen atoms in total. The first-order valence-electron chi connectivity index (χ1n) is 5.78. The van der Waals surface area contributed by atoms with Crippen molar-refractivity contribution < 1.29 is 9.59 Å². The van der Waals surface area contributed by atoms with Gasteiger partial charge in [0.1, 0.15) is 0 Å². The molecule has 0 saturated carbocycles. The van der Waals surface area contributed by atoms with Crippen LogP contribution in [-0.2, 0) is 0 Å². The molecule has 102 valence electrons. The maximum absolute atomic E-state index is 12.1. The molecular weight excluding hydrogens is 278 g/mol. The number of carbonyl (C=O) groups is 2. The monoisotopic (exact) mass is 289 g/mol. The van der Waals surface area contributed by atoms with E-state index in [-0.39, 0.29) is 11.5 Å². The number of nitrogen functional groups attached to an aromatic ring is 1. The number of hydrazine groups is 1. The third-order valence-corrected chi connectivity index (χ3v) is 2.87. The molecule has 20 heavy (non-hydrogen) atoms. The summed E-state index contributed by atoms with van der Waals surface area (Å²) in [6, 6.07) is 13.1. The zero-order valence-electron chi connectivity index (χ0n) is 10.4. The molecule has 4 N–H and O–H groups in total. The summed E-state index contributed by atoms with van der Waals surface area (Å²) < 4.78 is 0. The second-order valence-electron chi connectivity index (χ2n) is 3.98. The second-order valence-corrected chi connectivity index (χ2v) is 4.42. The van der Waals surface area contributed by atoms with E-state index in [2.05, 4.69) is 5.32 Å². The first-order valence-corrected chi connectivity index (χ1v) is 6.16. The fraction of sp³-hybridized carbons (Fsp3) is 0. The number of halogens is 1. The van der Waals surface area contributed by atoms with Crippen LogP contribution >= 0.6 is 11.6 Å². The lowest BCUT2D eigenvalue weighted by Crippen LogP contribution is -2.31. The highest BCUT2D eigenvalue weighted by atomic mass is 35.5. The number of para-hydroxylation sites is 1. The van der Waals surface area contributed by atoms with Crippen LogP contribution in [-0.4, -0.2) is 11.8 Å². The van der Waals surface area contributed by atoms with Gasteiger partial charge in [-0.05, 0) is 30.3 Å². The summed E-state index contributed by atoms with van der Waals surface area (Å²) in [6.45, 7) is 0. The number of amides is 2. The first kappa shape index (κ1) is 14.0. The number of benzene rings is 2. The third kappa shape index (κ3) is 3.14. The van der Waals surface area contributed by atoms with E-state index < -0.39 is 5.91 Å². The molecule has 0 aliphatic rings. The quantitative estimate of drug-likeness (QED) is 0.460. The normalized spacial score (nSPS) is 9.90. The van der Waals surface area contributed by atoms with Gasteiger partial charge in [-0.2, -0.15) is 0 Å². The van der Waals surface area contributed by atoms with Gasteiger partial charge in [0.15, 0.2) is 0 Å². The van der Waals surface area contributed by atoms with Gasteiger partial charge in [-0.25, -0.2) is 5.84 Å². The Morgan fingerprint density at radius 3 is 2.45 bits per heavy atom. The van der Waals surface area contributed by atoms with E-state index in [4.69, 9.17) is 17.4 Å². The Morgan fingerprint density at radius 1 is 1.00 bits per heavy atom. The van der Waals surface area contributed by atoms with Crippen LogP contribution in [0.3, 0.4) is 0 Å². The van der Waals surface area contributed by atoms with Crippen LogP contribution in [0.4, 0.5) is 5.69 Å². The highest BCUT2D eigenvalue weighted by molar-refractivity contribution is 6.31. The van der Waals surface area contributed by atoms with E-state index in [1.54, 1.807) is 48.5 Å². The average molecular weight is 290 g/mol. The topological polar surface area (TPSA) is 84.2 Å². The molecule has 0 unspecified atom stereocenters. The molecule has 0 fully saturated rings. The number of nitrogens with two attached hydrogens (primary N) is 1. The molecule has 2 aromatic rings. The molecule has 0 aliphatic heterocycles. The van der Waals surface area contributed by atoms with Gasteiger partial charge in [0.05, 0.1) is 11.3 Å². The van der Waals surface area contributed by atoms with Crippen LogP contribution in [0.5, 0.6) is 0 Å². The second kappa shape index (κ2) is 6.18. The summed E-state index contributed by atoms with van der Waals surface area (Å²) in [6.07, 6.45) is 0. The molecule has 6 heteroatoms. The summed E-state index contributed by atoms with van der Waals surface area (Å²) in [5, 5.41) is 3.12. The van der Waals surface area contributed by atoms with Crippen molar-refractivity contribution in [3.63, 3.8) is 0 Å². The van der Waals surface area contributed by atoms with Crippen molar-refractivity contribution >= 4 is 29.1 Å². The van der Waals surface area contributed by atoms with E-state index in [1.165, 1.54) is 0 Å². The highest BCUT2D eigenvalue weighted by Gasteiger charge is 2.13. The third-order valence-electron chi connectivity index (χ3n) is 2.64. The van der Waals surface area contributed by atoms with E-state index in [0.717, 1.165) is 0 Å². The van der Waals surface area contributed by atoms with E-state index in [9.17, 15) is 9.59 Å². The fourth-order valence-electron chi connectivity index (χ4n) is 1.69. The SMILES string of the molecule is NNC(=O)c1ccccc1NC(=O)c1cccc(Cl)c1. The van der Waals surface area contributed by atoms with Gasteiger partial charge < -0.3 is 5.32 Å². The molecule has 2 aromatic carbocycles. The zero-order chi connectivity index (χ0) is 14.5. The van der Waals surface area contributed by atoms with Crippen molar-refractivity contribution in [1.82, 2.24) is 5.43 Å². The molecule has 2 amide bonds. The molecule has 0 aromatic heterocycles. The van der Waals surface area contributed by atoms with Crippen molar-refractivity contribution in [2.24, 2.45) is 5.84 Å². The molecule has 0 atom stereocenters. The van der Waals surface area contributed by atoms with E-state index in [0.29, 0.717) is 16.3 Å². The van der Waals surface area contributed by atoms with Crippen molar-refractivity contribution in [1.29, 1.82) is 0 Å². The average Bonchev–Trinajstić information content (AvgIpc) is 2.47. The predicted octanol–water partition coefficient (Wildman–Crippen LogP) is 2.20. The van der Waals surface area contributed by atoms with Crippen molar-refractivity contribution in [2.75, 3.05) is 5.32 Å². The lowest BCUT2D eigenvalue weighted by Gasteiger charge is -2.10. The molecule has 0 saturated heterocycles. The van der Waals surface area contributed by atoms with Crippen LogP contribution in [0.25, 0.3) is 0 Å². The lowest BCUT2D eigenvalue weighted by molar-refractivity contribution is 0.0954. The Balaban J connectivity index is 2.26. The lowest BCUT2D eigenvalue weighted by atomic mass is 10.1. The Kier molecular flexibility index (Phi) is 4.34. The number of nitrogens with one attached hydrogen (secondary N) is 2. The minimum absolute atomic E-state index is 0.283. The summed E-state index contributed by atoms with van der Waals surface area (Å²) in [4.78, 5) is 23.7. The summed E-state index contributed by atoms with van der Waals surface area (Å²) in [5.41, 5.74) is 3.09. The number of anilines is 1. The summed E-state index contributed by atoms with van der Waals surface area (Å²) in [7, 11) is 0. The predicted molar refractivity (Wildman–Crippen MR) is 77.5 cm³/mol. The number of rotatable bonds is 3. The van der Waals surface area contributed by atoms with Gasteiger partial charge in [0, 0.05) is 10.6 Å². The van der Waals surface area contributed by atoms with E-state index in [1.807, 2.05) is 5.43 Å². The van der Waals surface area contributed by atoms with Crippen molar-refractivity contribution in [3.8, 4) is 0 Å². The van der Waals surface area contributed by atoms with Gasteiger partial charge in [-0.3, -0.25) is 15.0 Å². The maximum atomic E-state index is 12.1. The smallest absolute Gasteiger partial charge is 0.267 e. The Labute approximate surface area is 120 Å². The molecule has 0 heterocycles. The highest BCUT2D eigenvalue weighted by Crippen LogP contribution is 2.17. The zero-order valence-corrected chi connectivity index (χ0v) is 11.1. The van der Waals surface area contributed by atoms with Crippen LogP contribution in [0.15, 0.2) is 48.5 Å². The van der Waals surface area contributed by atoms with Gasteiger partial charge in [0.2, 0.25) is 0 Å². The molecule has 0 aliphatic carbocycles. The van der Waals surface area contributed by atoms with Crippen LogP contribution in [0.2, 0.25) is 5.02 Å². The molecular formula is C14H12ClN3O2. The minimum atomic E-state index is -0.480. The van der Waals surface area contributed by atoms with Crippen molar-refractivity contribution in [2.45, 2.75) is 0 Å².